The molecule has 2 fully saturated rings. The molecule has 32 heavy (non-hydrogen) atoms. The Morgan fingerprint density at radius 3 is 2.50 bits per heavy atom. The van der Waals surface area contributed by atoms with E-state index < -0.39 is 0 Å². The molecule has 1 aromatic rings. The van der Waals surface area contributed by atoms with Crippen molar-refractivity contribution < 1.29 is 5.11 Å². The number of aromatic hydroxyl groups is 1. The minimum Gasteiger partial charge on any atom is -0.507 e. The monoisotopic (exact) mass is 500 g/mol. The van der Waals surface area contributed by atoms with Crippen molar-refractivity contribution in [2.45, 2.75) is 65.0 Å². The smallest absolute Gasteiger partial charge is 0.124 e. The Kier molecular flexibility index (Phi) is 9.11. The summed E-state index contributed by atoms with van der Waals surface area (Å²) in [5.41, 5.74) is 3.31. The van der Waals surface area contributed by atoms with Gasteiger partial charge in [0.1, 0.15) is 5.75 Å². The first-order valence-corrected chi connectivity index (χ1v) is 12.5. The second-order valence-electron chi connectivity index (χ2n) is 9.09. The number of nitrogens with zero attached hydrogens (tertiary/aromatic N) is 3. The van der Waals surface area contributed by atoms with Crippen molar-refractivity contribution in [2.75, 3.05) is 20.1 Å². The second-order valence-corrected chi connectivity index (χ2v) is 9.95. The highest BCUT2D eigenvalue weighted by Crippen LogP contribution is 2.31. The maximum Gasteiger partial charge on any atom is 0.124 e. The summed E-state index contributed by atoms with van der Waals surface area (Å²) in [6.45, 7) is 8.78. The number of likely N-dealkylation sites (tertiary alicyclic amines) is 1. The zero-order chi connectivity index (χ0) is 23.1. The van der Waals surface area contributed by atoms with Crippen LogP contribution in [0.15, 0.2) is 56.2 Å². The molecule has 1 aliphatic carbocycles. The van der Waals surface area contributed by atoms with Crippen LogP contribution in [0.1, 0.15) is 58.4 Å². The average Bonchev–Trinajstić information content (AvgIpc) is 3.20. The first-order valence-electron chi connectivity index (χ1n) is 11.7. The molecule has 0 spiro atoms. The minimum absolute atomic E-state index is 0.224. The molecule has 0 bridgehead atoms. The van der Waals surface area contributed by atoms with Crippen molar-refractivity contribution in [3.63, 3.8) is 0 Å². The minimum atomic E-state index is 0.224. The molecule has 1 saturated carbocycles. The normalized spacial score (nSPS) is 24.8. The van der Waals surface area contributed by atoms with E-state index in [0.29, 0.717) is 11.6 Å². The lowest BCUT2D eigenvalue weighted by molar-refractivity contribution is 0.124. The fourth-order valence-electron chi connectivity index (χ4n) is 4.91. The predicted molar refractivity (Wildman–Crippen MR) is 139 cm³/mol. The molecule has 2 atom stereocenters. The molecule has 0 aromatic heterocycles. The van der Waals surface area contributed by atoms with Crippen LogP contribution in [0.25, 0.3) is 0 Å². The first kappa shape index (κ1) is 24.7. The van der Waals surface area contributed by atoms with Gasteiger partial charge in [-0.3, -0.25) is 14.9 Å². The number of para-hydroxylation sites is 1. The standard InChI is InChI=1S/C26H37BrN4O/c1-18-8-7-10-25(18)31-14-12-21(13-15-31)29-19(2)16-24(22-9-5-6-11-26(22)32)30-20(3)23(27)17-28-4/h5-6,9,11,16-18,21,25,29,32H,7-8,10,12-15H2,1-4H3/b19-16+,23-20-,28-17?,30-24-. The number of halogens is 1. The van der Waals surface area contributed by atoms with Gasteiger partial charge in [0.15, 0.2) is 0 Å². The van der Waals surface area contributed by atoms with Gasteiger partial charge in [-0.05, 0) is 79.6 Å². The third-order valence-electron chi connectivity index (χ3n) is 6.66. The van der Waals surface area contributed by atoms with Crippen molar-refractivity contribution in [1.82, 2.24) is 10.2 Å². The van der Waals surface area contributed by atoms with Crippen molar-refractivity contribution in [1.29, 1.82) is 0 Å². The van der Waals surface area contributed by atoms with E-state index in [1.54, 1.807) is 19.3 Å². The summed E-state index contributed by atoms with van der Waals surface area (Å²) in [5, 5.41) is 14.1. The molecule has 3 rings (SSSR count). The van der Waals surface area contributed by atoms with Crippen LogP contribution < -0.4 is 5.32 Å². The number of hydrogen-bond donors (Lipinski definition) is 2. The number of hydrogen-bond acceptors (Lipinski definition) is 5. The van der Waals surface area contributed by atoms with Gasteiger partial charge in [0, 0.05) is 49.7 Å². The van der Waals surface area contributed by atoms with E-state index in [1.807, 2.05) is 31.2 Å². The fraction of sp³-hybridized carbons (Fsp3) is 0.538. The number of phenolic OH excluding ortho intramolecular Hbond substituents is 1. The van der Waals surface area contributed by atoms with Crippen LogP contribution in [0, 0.1) is 5.92 Å². The van der Waals surface area contributed by atoms with Crippen LogP contribution in [-0.4, -0.2) is 54.2 Å². The molecule has 1 aliphatic heterocycles. The van der Waals surface area contributed by atoms with Gasteiger partial charge in [0.05, 0.1) is 15.9 Å². The molecule has 0 radical (unpaired) electrons. The van der Waals surface area contributed by atoms with E-state index in [-0.39, 0.29) is 5.75 Å². The Hall–Kier alpha value is -1.92. The highest BCUT2D eigenvalue weighted by Gasteiger charge is 2.31. The zero-order valence-electron chi connectivity index (χ0n) is 19.8. The number of allylic oxidation sites excluding steroid dienone is 4. The van der Waals surface area contributed by atoms with Gasteiger partial charge < -0.3 is 10.4 Å². The first-order chi connectivity index (χ1) is 15.4. The summed E-state index contributed by atoms with van der Waals surface area (Å²) in [5.74, 6) is 1.06. The fourth-order valence-corrected chi connectivity index (χ4v) is 5.21. The summed E-state index contributed by atoms with van der Waals surface area (Å²) >= 11 is 3.53. The highest BCUT2D eigenvalue weighted by atomic mass is 79.9. The number of benzene rings is 1. The summed E-state index contributed by atoms with van der Waals surface area (Å²) in [7, 11) is 1.73. The second kappa shape index (κ2) is 11.8. The average molecular weight is 502 g/mol. The lowest BCUT2D eigenvalue weighted by Gasteiger charge is -2.38. The summed E-state index contributed by atoms with van der Waals surface area (Å²) < 4.78 is 0.820. The maximum atomic E-state index is 10.4. The Bertz CT molecular complexity index is 897. The molecule has 2 aliphatic rings. The topological polar surface area (TPSA) is 60.2 Å². The quantitative estimate of drug-likeness (QED) is 0.475. The number of phenols is 1. The summed E-state index contributed by atoms with van der Waals surface area (Å²) in [4.78, 5) is 11.6. The molecular formula is C26H37BrN4O. The summed E-state index contributed by atoms with van der Waals surface area (Å²) in [6.07, 6.45) is 10.2. The molecule has 1 heterocycles. The summed E-state index contributed by atoms with van der Waals surface area (Å²) in [6, 6.07) is 8.60. The van der Waals surface area contributed by atoms with Gasteiger partial charge in [-0.25, -0.2) is 0 Å². The van der Waals surface area contributed by atoms with E-state index in [0.717, 1.165) is 46.4 Å². The van der Waals surface area contributed by atoms with Crippen LogP contribution in [0.2, 0.25) is 0 Å². The van der Waals surface area contributed by atoms with Crippen LogP contribution in [-0.2, 0) is 0 Å². The van der Waals surface area contributed by atoms with Crippen molar-refractivity contribution in [3.8, 4) is 5.75 Å². The molecule has 0 amide bonds. The largest absolute Gasteiger partial charge is 0.507 e. The van der Waals surface area contributed by atoms with Gasteiger partial charge in [-0.1, -0.05) is 25.5 Å². The van der Waals surface area contributed by atoms with Gasteiger partial charge in [-0.2, -0.15) is 0 Å². The Morgan fingerprint density at radius 1 is 1.16 bits per heavy atom. The van der Waals surface area contributed by atoms with Gasteiger partial charge in [-0.15, -0.1) is 0 Å². The van der Waals surface area contributed by atoms with Crippen LogP contribution in [0.4, 0.5) is 0 Å². The van der Waals surface area contributed by atoms with Gasteiger partial charge in [0.25, 0.3) is 0 Å². The Balaban J connectivity index is 1.73. The van der Waals surface area contributed by atoms with E-state index in [4.69, 9.17) is 4.99 Å². The Labute approximate surface area is 201 Å². The molecule has 174 valence electrons. The van der Waals surface area contributed by atoms with Crippen LogP contribution in [0.3, 0.4) is 0 Å². The Morgan fingerprint density at radius 2 is 1.88 bits per heavy atom. The van der Waals surface area contributed by atoms with Crippen LogP contribution >= 0.6 is 15.9 Å². The molecule has 2 N–H and O–H groups in total. The molecule has 1 aromatic carbocycles. The molecule has 1 saturated heterocycles. The number of nitrogens with one attached hydrogen (secondary N) is 1. The highest BCUT2D eigenvalue weighted by molar-refractivity contribution is 9.12. The van der Waals surface area contributed by atoms with Gasteiger partial charge in [0.2, 0.25) is 0 Å². The van der Waals surface area contributed by atoms with Crippen LogP contribution in [0.5, 0.6) is 5.75 Å². The van der Waals surface area contributed by atoms with Gasteiger partial charge >= 0.3 is 0 Å². The van der Waals surface area contributed by atoms with Crippen molar-refractivity contribution in [2.24, 2.45) is 15.9 Å². The third kappa shape index (κ3) is 6.55. The molecule has 2 unspecified atom stereocenters. The van der Waals surface area contributed by atoms with Crippen molar-refractivity contribution in [3.05, 3.63) is 51.8 Å². The zero-order valence-corrected chi connectivity index (χ0v) is 21.4. The molecule has 6 heteroatoms. The number of aliphatic imine (C=N–C) groups is 2. The predicted octanol–water partition coefficient (Wildman–Crippen LogP) is 5.65. The lowest BCUT2D eigenvalue weighted by atomic mass is 9.98. The number of rotatable bonds is 7. The lowest BCUT2D eigenvalue weighted by Crippen LogP contribution is -2.47. The molecule has 5 nitrogen and oxygen atoms in total. The molecular weight excluding hydrogens is 464 g/mol. The van der Waals surface area contributed by atoms with E-state index >= 15 is 0 Å². The maximum absolute atomic E-state index is 10.4. The SMILES string of the molecule is CN=C/C(Br)=C(C)/N=C(/C=C(\C)NC1CCN(C2CCCC2C)CC1)c1ccccc1O. The van der Waals surface area contributed by atoms with Crippen molar-refractivity contribution >= 4 is 27.9 Å². The third-order valence-corrected chi connectivity index (χ3v) is 7.43. The van der Waals surface area contributed by atoms with E-state index in [9.17, 15) is 5.11 Å². The number of piperidine rings is 1. The van der Waals surface area contributed by atoms with E-state index in [1.165, 1.54) is 32.4 Å². The van der Waals surface area contributed by atoms with E-state index in [2.05, 4.69) is 45.0 Å².